The zero-order chi connectivity index (χ0) is 25.2. The lowest BCUT2D eigenvalue weighted by Gasteiger charge is -2.30. The van der Waals surface area contributed by atoms with Gasteiger partial charge in [0.25, 0.3) is 0 Å². The molecule has 2 heterocycles. The maximum absolute atomic E-state index is 13.5. The molecule has 0 saturated heterocycles. The summed E-state index contributed by atoms with van der Waals surface area (Å²) in [5.41, 5.74) is 4.10. The number of nitrogens with zero attached hydrogens (tertiary/aromatic N) is 4. The van der Waals surface area contributed by atoms with E-state index in [4.69, 9.17) is 4.74 Å². The third kappa shape index (κ3) is 4.45. The first-order valence-corrected chi connectivity index (χ1v) is 12.4. The predicted octanol–water partition coefficient (Wildman–Crippen LogP) is 4.72. The third-order valence-electron chi connectivity index (χ3n) is 5.94. The Bertz CT molecular complexity index is 1430. The highest BCUT2D eigenvalue weighted by molar-refractivity contribution is 8.00. The van der Waals surface area contributed by atoms with Gasteiger partial charge in [-0.05, 0) is 50.2 Å². The number of benzene rings is 3. The second kappa shape index (κ2) is 9.87. The van der Waals surface area contributed by atoms with Crippen LogP contribution in [-0.4, -0.2) is 45.5 Å². The molecule has 0 spiro atoms. The molecule has 1 N–H and O–H groups in total. The fourth-order valence-electron chi connectivity index (χ4n) is 4.13. The number of carbonyl (C=O) groups excluding carboxylic acids is 2. The van der Waals surface area contributed by atoms with Gasteiger partial charge >= 0.3 is 0 Å². The Morgan fingerprint density at radius 3 is 2.53 bits per heavy atom. The number of hydrogen-bond donors (Lipinski definition) is 1. The number of aromatic nitrogens is 3. The van der Waals surface area contributed by atoms with Crippen LogP contribution < -0.4 is 15.0 Å². The molecule has 1 aromatic heterocycles. The van der Waals surface area contributed by atoms with Crippen molar-refractivity contribution in [2.45, 2.75) is 24.3 Å². The van der Waals surface area contributed by atoms with Crippen LogP contribution in [0.5, 0.6) is 5.75 Å². The minimum Gasteiger partial charge on any atom is -0.496 e. The standard InChI is InChI=1S/C27H25N5O3S/c1-17-12-14-19(15-13-17)32-25(20-8-4-7-11-23(20)35-3)29-30-27(32)36-18(2)26(34)31-16-24(33)28-21-9-5-6-10-22(21)31/h4-15,18H,16H2,1-3H3,(H,28,33). The second-order valence-corrected chi connectivity index (χ2v) is 9.74. The van der Waals surface area contributed by atoms with Gasteiger partial charge in [0.2, 0.25) is 11.8 Å². The van der Waals surface area contributed by atoms with Crippen LogP contribution in [0, 0.1) is 6.92 Å². The summed E-state index contributed by atoms with van der Waals surface area (Å²) >= 11 is 1.30. The number of amides is 2. The molecular formula is C27H25N5O3S. The Kier molecular flexibility index (Phi) is 6.47. The number of nitrogens with one attached hydrogen (secondary N) is 1. The molecule has 8 nitrogen and oxygen atoms in total. The molecule has 0 bridgehead atoms. The van der Waals surface area contributed by atoms with Gasteiger partial charge in [0, 0.05) is 5.69 Å². The summed E-state index contributed by atoms with van der Waals surface area (Å²) in [4.78, 5) is 27.3. The molecule has 5 rings (SSSR count). The van der Waals surface area contributed by atoms with Crippen LogP contribution in [0.3, 0.4) is 0 Å². The zero-order valence-corrected chi connectivity index (χ0v) is 21.0. The van der Waals surface area contributed by atoms with Gasteiger partial charge in [-0.15, -0.1) is 10.2 Å². The Morgan fingerprint density at radius 2 is 1.75 bits per heavy atom. The van der Waals surface area contributed by atoms with E-state index in [0.29, 0.717) is 28.1 Å². The van der Waals surface area contributed by atoms with Crippen LogP contribution >= 0.6 is 11.8 Å². The highest BCUT2D eigenvalue weighted by Gasteiger charge is 2.31. The summed E-state index contributed by atoms with van der Waals surface area (Å²) in [5.74, 6) is 0.885. The van der Waals surface area contributed by atoms with E-state index < -0.39 is 5.25 Å². The van der Waals surface area contributed by atoms with E-state index in [1.54, 1.807) is 13.2 Å². The summed E-state index contributed by atoms with van der Waals surface area (Å²) in [7, 11) is 1.62. The average molecular weight is 500 g/mol. The molecule has 1 atom stereocenters. The number of ether oxygens (including phenoxy) is 1. The van der Waals surface area contributed by atoms with Crippen molar-refractivity contribution in [3.05, 3.63) is 78.4 Å². The van der Waals surface area contributed by atoms with E-state index in [2.05, 4.69) is 15.5 Å². The number of thioether (sulfide) groups is 1. The van der Waals surface area contributed by atoms with Crippen LogP contribution in [0.15, 0.2) is 78.0 Å². The van der Waals surface area contributed by atoms with E-state index in [1.807, 2.05) is 85.1 Å². The van der Waals surface area contributed by atoms with Gasteiger partial charge in [0.1, 0.15) is 12.3 Å². The molecule has 1 aliphatic rings. The van der Waals surface area contributed by atoms with Crippen LogP contribution in [0.1, 0.15) is 12.5 Å². The van der Waals surface area contributed by atoms with Crippen molar-refractivity contribution in [3.63, 3.8) is 0 Å². The van der Waals surface area contributed by atoms with Crippen molar-refractivity contribution in [1.29, 1.82) is 0 Å². The first-order chi connectivity index (χ1) is 17.5. The number of aryl methyl sites for hydroxylation is 1. The SMILES string of the molecule is COc1ccccc1-c1nnc(SC(C)C(=O)N2CC(=O)Nc3ccccc32)n1-c1ccc(C)cc1. The largest absolute Gasteiger partial charge is 0.496 e. The number of anilines is 2. The summed E-state index contributed by atoms with van der Waals surface area (Å²) < 4.78 is 7.51. The van der Waals surface area contributed by atoms with Crippen molar-refractivity contribution in [2.75, 3.05) is 23.9 Å². The van der Waals surface area contributed by atoms with Gasteiger partial charge in [-0.25, -0.2) is 0 Å². The van der Waals surface area contributed by atoms with Crippen molar-refractivity contribution in [2.24, 2.45) is 0 Å². The highest BCUT2D eigenvalue weighted by atomic mass is 32.2. The van der Waals surface area contributed by atoms with Gasteiger partial charge in [0.05, 0.1) is 29.3 Å². The Balaban J connectivity index is 1.52. The molecule has 0 aliphatic carbocycles. The lowest BCUT2D eigenvalue weighted by Crippen LogP contribution is -2.45. The average Bonchev–Trinajstić information content (AvgIpc) is 3.31. The number of hydrogen-bond acceptors (Lipinski definition) is 6. The summed E-state index contributed by atoms with van der Waals surface area (Å²) in [6, 6.07) is 23.0. The number of para-hydroxylation sites is 3. The van der Waals surface area contributed by atoms with Gasteiger partial charge < -0.3 is 10.1 Å². The fraction of sp³-hybridized carbons (Fsp3) is 0.185. The predicted molar refractivity (Wildman–Crippen MR) is 141 cm³/mol. The lowest BCUT2D eigenvalue weighted by atomic mass is 10.1. The Hall–Kier alpha value is -4.11. The maximum Gasteiger partial charge on any atom is 0.244 e. The van der Waals surface area contributed by atoms with E-state index in [1.165, 1.54) is 16.7 Å². The molecule has 0 radical (unpaired) electrons. The summed E-state index contributed by atoms with van der Waals surface area (Å²) in [6.07, 6.45) is 0. The maximum atomic E-state index is 13.5. The molecule has 9 heteroatoms. The minimum atomic E-state index is -0.525. The fourth-order valence-corrected chi connectivity index (χ4v) is 5.06. The molecule has 3 aromatic carbocycles. The highest BCUT2D eigenvalue weighted by Crippen LogP contribution is 2.36. The van der Waals surface area contributed by atoms with E-state index >= 15 is 0 Å². The number of carbonyl (C=O) groups is 2. The van der Waals surface area contributed by atoms with E-state index in [-0.39, 0.29) is 18.4 Å². The first kappa shape index (κ1) is 23.6. The molecular weight excluding hydrogens is 474 g/mol. The molecule has 0 fully saturated rings. The van der Waals surface area contributed by atoms with Crippen LogP contribution in [-0.2, 0) is 9.59 Å². The normalized spacial score (nSPS) is 13.6. The summed E-state index contributed by atoms with van der Waals surface area (Å²) in [6.45, 7) is 3.82. The van der Waals surface area contributed by atoms with Gasteiger partial charge in [0.15, 0.2) is 11.0 Å². The monoisotopic (exact) mass is 499 g/mol. The lowest BCUT2D eigenvalue weighted by molar-refractivity contribution is -0.121. The van der Waals surface area contributed by atoms with Crippen molar-refractivity contribution in [1.82, 2.24) is 14.8 Å². The molecule has 2 amide bonds. The van der Waals surface area contributed by atoms with Gasteiger partial charge in [-0.1, -0.05) is 53.7 Å². The van der Waals surface area contributed by atoms with Gasteiger partial charge in [-0.3, -0.25) is 19.1 Å². The smallest absolute Gasteiger partial charge is 0.244 e. The molecule has 1 unspecified atom stereocenters. The van der Waals surface area contributed by atoms with Crippen LogP contribution in [0.2, 0.25) is 0 Å². The Labute approximate surface area is 213 Å². The van der Waals surface area contributed by atoms with Gasteiger partial charge in [-0.2, -0.15) is 0 Å². The quantitative estimate of drug-likeness (QED) is 0.386. The first-order valence-electron chi connectivity index (χ1n) is 11.5. The topological polar surface area (TPSA) is 89.4 Å². The van der Waals surface area contributed by atoms with E-state index in [9.17, 15) is 9.59 Å². The zero-order valence-electron chi connectivity index (χ0n) is 20.1. The third-order valence-corrected chi connectivity index (χ3v) is 6.97. The molecule has 36 heavy (non-hydrogen) atoms. The van der Waals surface area contributed by atoms with Crippen molar-refractivity contribution >= 4 is 35.0 Å². The molecule has 0 saturated carbocycles. The summed E-state index contributed by atoms with van der Waals surface area (Å²) in [5, 5.41) is 11.8. The second-order valence-electron chi connectivity index (χ2n) is 8.43. The van der Waals surface area contributed by atoms with E-state index in [0.717, 1.165) is 16.8 Å². The minimum absolute atomic E-state index is 0.0299. The molecule has 182 valence electrons. The number of rotatable bonds is 6. The van der Waals surface area contributed by atoms with Crippen LogP contribution in [0.25, 0.3) is 17.1 Å². The van der Waals surface area contributed by atoms with Crippen molar-refractivity contribution in [3.8, 4) is 22.8 Å². The van der Waals surface area contributed by atoms with Crippen molar-refractivity contribution < 1.29 is 14.3 Å². The van der Waals surface area contributed by atoms with Crippen LogP contribution in [0.4, 0.5) is 11.4 Å². The molecule has 4 aromatic rings. The number of methoxy groups -OCH3 is 1. The number of fused-ring (bicyclic) bond motifs is 1. The molecule has 1 aliphatic heterocycles. The Morgan fingerprint density at radius 1 is 1.03 bits per heavy atom.